The van der Waals surface area contributed by atoms with Crippen LogP contribution in [0.5, 0.6) is 0 Å². The molecule has 0 N–H and O–H groups in total. The van der Waals surface area contributed by atoms with E-state index in [0.29, 0.717) is 19.4 Å². The molecule has 0 spiro atoms. The number of rotatable bonds is 45. The molecule has 0 fully saturated rings. The van der Waals surface area contributed by atoms with Crippen molar-refractivity contribution < 1.29 is 23.8 Å². The fourth-order valence-electron chi connectivity index (χ4n) is 6.89. The first-order valence-corrected chi connectivity index (χ1v) is 24.8. The van der Waals surface area contributed by atoms with Crippen LogP contribution >= 0.6 is 0 Å². The standard InChI is InChI=1S/C53H94O5/c1-4-7-10-13-15-17-19-21-23-25-26-27-29-31-33-35-37-39-42-45-48-56-49-51(58-53(55)47-44-40-12-9-6-3)50-57-52(54)46-43-41-38-36-34-32-30-28-24-22-20-18-16-14-11-8-5-2/h7,10,15,17,21,23,26-27,31,33,51H,4-6,8-9,11-14,16,18-20,22,24-25,28-30,32,34-50H2,1-3H3/b10-7-,17-15-,23-21-,27-26-,33-31-. The average molecular weight is 811 g/mol. The minimum atomic E-state index is -0.544. The SMILES string of the molecule is CC/C=C\C/C=C\C/C=C\C/C=C\C/C=C\CCCCCCOCC(COC(=O)CCCCCCCCCCCCCCCCCCC)OC(=O)CCCCCCC. The van der Waals surface area contributed by atoms with Crippen molar-refractivity contribution in [2.45, 2.75) is 245 Å². The van der Waals surface area contributed by atoms with Crippen LogP contribution in [0, 0.1) is 0 Å². The van der Waals surface area contributed by atoms with E-state index in [4.69, 9.17) is 14.2 Å². The fourth-order valence-corrected chi connectivity index (χ4v) is 6.89. The Balaban J connectivity index is 4.06. The first-order chi connectivity index (χ1) is 28.6. The van der Waals surface area contributed by atoms with Crippen LogP contribution in [-0.2, 0) is 23.8 Å². The smallest absolute Gasteiger partial charge is 0.306 e. The molecule has 0 amide bonds. The van der Waals surface area contributed by atoms with Gasteiger partial charge in [-0.1, -0.05) is 223 Å². The lowest BCUT2D eigenvalue weighted by Gasteiger charge is -2.18. The van der Waals surface area contributed by atoms with E-state index in [1.165, 1.54) is 122 Å². The molecule has 1 unspecified atom stereocenters. The number of carbonyl (C=O) groups is 2. The summed E-state index contributed by atoms with van der Waals surface area (Å²) < 4.78 is 17.2. The van der Waals surface area contributed by atoms with Gasteiger partial charge in [0.25, 0.3) is 0 Å². The third-order valence-corrected chi connectivity index (χ3v) is 10.6. The molecule has 0 rings (SSSR count). The zero-order valence-corrected chi connectivity index (χ0v) is 38.6. The van der Waals surface area contributed by atoms with Crippen LogP contribution in [0.25, 0.3) is 0 Å². The lowest BCUT2D eigenvalue weighted by molar-refractivity contribution is -0.163. The van der Waals surface area contributed by atoms with Crippen LogP contribution < -0.4 is 0 Å². The van der Waals surface area contributed by atoms with Crippen LogP contribution in [0.1, 0.15) is 239 Å². The number of ether oxygens (including phenoxy) is 3. The number of esters is 2. The number of hydrogen-bond acceptors (Lipinski definition) is 5. The van der Waals surface area contributed by atoms with Gasteiger partial charge in [0.1, 0.15) is 6.61 Å². The van der Waals surface area contributed by atoms with E-state index in [-0.39, 0.29) is 25.2 Å². The van der Waals surface area contributed by atoms with Gasteiger partial charge in [-0.05, 0) is 64.2 Å². The van der Waals surface area contributed by atoms with Crippen LogP contribution in [0.2, 0.25) is 0 Å². The highest BCUT2D eigenvalue weighted by molar-refractivity contribution is 5.70. The molecule has 0 aromatic carbocycles. The highest BCUT2D eigenvalue weighted by atomic mass is 16.6. The molecule has 58 heavy (non-hydrogen) atoms. The second-order valence-electron chi connectivity index (χ2n) is 16.4. The second-order valence-corrected chi connectivity index (χ2v) is 16.4. The van der Waals surface area contributed by atoms with Gasteiger partial charge in [0.15, 0.2) is 6.10 Å². The summed E-state index contributed by atoms with van der Waals surface area (Å²) in [5.74, 6) is -0.418. The van der Waals surface area contributed by atoms with Gasteiger partial charge in [0.05, 0.1) is 6.61 Å². The van der Waals surface area contributed by atoms with Crippen molar-refractivity contribution in [1.29, 1.82) is 0 Å². The van der Waals surface area contributed by atoms with Crippen molar-refractivity contribution in [2.75, 3.05) is 19.8 Å². The number of carbonyl (C=O) groups excluding carboxylic acids is 2. The molecule has 0 aromatic heterocycles. The molecule has 0 bridgehead atoms. The summed E-state index contributed by atoms with van der Waals surface area (Å²) in [5.41, 5.74) is 0. The summed E-state index contributed by atoms with van der Waals surface area (Å²) in [5, 5.41) is 0. The molecular formula is C53H94O5. The number of allylic oxidation sites excluding steroid dienone is 10. The Hall–Kier alpha value is -2.40. The second kappa shape index (κ2) is 49.0. The third-order valence-electron chi connectivity index (χ3n) is 10.6. The van der Waals surface area contributed by atoms with Crippen LogP contribution in [-0.4, -0.2) is 37.9 Å². The van der Waals surface area contributed by atoms with Crippen molar-refractivity contribution in [1.82, 2.24) is 0 Å². The molecule has 0 radical (unpaired) electrons. The maximum atomic E-state index is 12.6. The van der Waals surface area contributed by atoms with Gasteiger partial charge in [-0.2, -0.15) is 0 Å². The minimum absolute atomic E-state index is 0.0760. The molecule has 336 valence electrons. The van der Waals surface area contributed by atoms with Crippen LogP contribution in [0.4, 0.5) is 0 Å². The zero-order valence-electron chi connectivity index (χ0n) is 38.6. The summed E-state index contributed by atoms with van der Waals surface area (Å²) >= 11 is 0. The van der Waals surface area contributed by atoms with Gasteiger partial charge in [-0.25, -0.2) is 0 Å². The van der Waals surface area contributed by atoms with Crippen molar-refractivity contribution in [3.8, 4) is 0 Å². The van der Waals surface area contributed by atoms with Crippen molar-refractivity contribution in [3.05, 3.63) is 60.8 Å². The Kier molecular flexibility index (Phi) is 46.9. The molecular weight excluding hydrogens is 717 g/mol. The van der Waals surface area contributed by atoms with E-state index >= 15 is 0 Å². The maximum Gasteiger partial charge on any atom is 0.306 e. The third kappa shape index (κ3) is 46.3. The molecule has 5 heteroatoms. The van der Waals surface area contributed by atoms with Gasteiger partial charge >= 0.3 is 11.9 Å². The van der Waals surface area contributed by atoms with E-state index in [9.17, 15) is 9.59 Å². The zero-order chi connectivity index (χ0) is 42.1. The van der Waals surface area contributed by atoms with E-state index in [1.807, 2.05) is 0 Å². The number of hydrogen-bond donors (Lipinski definition) is 0. The van der Waals surface area contributed by atoms with E-state index < -0.39 is 6.10 Å². The normalized spacial score (nSPS) is 12.7. The molecule has 0 aliphatic rings. The van der Waals surface area contributed by atoms with E-state index in [2.05, 4.69) is 81.5 Å². The van der Waals surface area contributed by atoms with E-state index in [1.54, 1.807) is 0 Å². The largest absolute Gasteiger partial charge is 0.462 e. The lowest BCUT2D eigenvalue weighted by Crippen LogP contribution is -2.30. The van der Waals surface area contributed by atoms with Gasteiger partial charge in [-0.15, -0.1) is 0 Å². The first kappa shape index (κ1) is 55.6. The van der Waals surface area contributed by atoms with Gasteiger partial charge < -0.3 is 14.2 Å². The maximum absolute atomic E-state index is 12.6. The molecule has 1 atom stereocenters. The Morgan fingerprint density at radius 2 is 0.776 bits per heavy atom. The van der Waals surface area contributed by atoms with Crippen molar-refractivity contribution in [2.24, 2.45) is 0 Å². The lowest BCUT2D eigenvalue weighted by atomic mass is 10.0. The van der Waals surface area contributed by atoms with Gasteiger partial charge in [0.2, 0.25) is 0 Å². The molecule has 0 aliphatic carbocycles. The molecule has 5 nitrogen and oxygen atoms in total. The average Bonchev–Trinajstić information content (AvgIpc) is 3.22. The van der Waals surface area contributed by atoms with Gasteiger partial charge in [-0.3, -0.25) is 9.59 Å². The van der Waals surface area contributed by atoms with Crippen LogP contribution in [0.15, 0.2) is 60.8 Å². The van der Waals surface area contributed by atoms with Crippen LogP contribution in [0.3, 0.4) is 0 Å². The Morgan fingerprint density at radius 1 is 0.397 bits per heavy atom. The Labute approximate surface area is 360 Å². The predicted molar refractivity (Wildman–Crippen MR) is 251 cm³/mol. The Bertz CT molecular complexity index is 1010. The van der Waals surface area contributed by atoms with Gasteiger partial charge in [0, 0.05) is 19.4 Å². The summed E-state index contributed by atoms with van der Waals surface area (Å²) in [6.45, 7) is 7.61. The molecule has 0 saturated heterocycles. The topological polar surface area (TPSA) is 61.8 Å². The highest BCUT2D eigenvalue weighted by Gasteiger charge is 2.17. The summed E-state index contributed by atoms with van der Waals surface area (Å²) in [4.78, 5) is 25.1. The summed E-state index contributed by atoms with van der Waals surface area (Å²) in [6.07, 6.45) is 61.2. The van der Waals surface area contributed by atoms with Crippen molar-refractivity contribution >= 4 is 11.9 Å². The first-order valence-electron chi connectivity index (χ1n) is 24.8. The molecule has 0 aliphatic heterocycles. The molecule has 0 saturated carbocycles. The summed E-state index contributed by atoms with van der Waals surface area (Å²) in [6, 6.07) is 0. The minimum Gasteiger partial charge on any atom is -0.462 e. The number of unbranched alkanes of at least 4 members (excludes halogenated alkanes) is 24. The Morgan fingerprint density at radius 3 is 1.24 bits per heavy atom. The molecule has 0 aromatic rings. The monoisotopic (exact) mass is 811 g/mol. The fraction of sp³-hybridized carbons (Fsp3) is 0.774. The quantitative estimate of drug-likeness (QED) is 0.0348. The predicted octanol–water partition coefficient (Wildman–Crippen LogP) is 16.6. The molecule has 0 heterocycles. The summed E-state index contributed by atoms with van der Waals surface area (Å²) in [7, 11) is 0. The van der Waals surface area contributed by atoms with E-state index in [0.717, 1.165) is 83.5 Å². The highest BCUT2D eigenvalue weighted by Crippen LogP contribution is 2.15. The van der Waals surface area contributed by atoms with Crippen molar-refractivity contribution in [3.63, 3.8) is 0 Å².